The summed E-state index contributed by atoms with van der Waals surface area (Å²) in [6, 6.07) is 17.7. The molecule has 3 aromatic rings. The Morgan fingerprint density at radius 1 is 0.769 bits per heavy atom. The third-order valence-electron chi connectivity index (χ3n) is 5.17. The average molecular weight is 345 g/mol. The number of carbonyl (C=O) groups is 1. The number of fused-ring (bicyclic) bond motifs is 1. The average Bonchev–Trinajstić information content (AvgIpc) is 2.92. The van der Waals surface area contributed by atoms with Gasteiger partial charge >= 0.3 is 0 Å². The molecule has 0 unspecified atom stereocenters. The summed E-state index contributed by atoms with van der Waals surface area (Å²) in [5, 5.41) is 23.2. The van der Waals surface area contributed by atoms with Crippen molar-refractivity contribution < 1.29 is 15.0 Å². The van der Waals surface area contributed by atoms with Gasteiger partial charge in [-0.25, -0.2) is 0 Å². The number of hydrogen-bond acceptors (Lipinski definition) is 3. The first-order valence-electron chi connectivity index (χ1n) is 8.45. The first kappa shape index (κ1) is 16.2. The van der Waals surface area contributed by atoms with Crippen molar-refractivity contribution in [3.63, 3.8) is 0 Å². The van der Waals surface area contributed by atoms with E-state index >= 15 is 0 Å². The van der Waals surface area contributed by atoms with Crippen molar-refractivity contribution in [2.75, 3.05) is 5.32 Å². The summed E-state index contributed by atoms with van der Waals surface area (Å²) in [5.41, 5.74) is 3.59. The molecule has 0 atom stereocenters. The van der Waals surface area contributed by atoms with Crippen LogP contribution in [0.4, 0.5) is 5.69 Å². The summed E-state index contributed by atoms with van der Waals surface area (Å²) >= 11 is 0. The lowest BCUT2D eigenvalue weighted by molar-refractivity contribution is -0.118. The SMILES string of the molecule is Cc1ccc(O)cc1C1(c2cc(O)ccc2C)C(=O)Nc2ccccc21. The molecule has 1 amide bonds. The van der Waals surface area contributed by atoms with Crippen molar-refractivity contribution in [3.8, 4) is 11.5 Å². The number of nitrogens with one attached hydrogen (secondary N) is 1. The van der Waals surface area contributed by atoms with Crippen molar-refractivity contribution in [2.24, 2.45) is 0 Å². The van der Waals surface area contributed by atoms with Crippen LogP contribution in [0.3, 0.4) is 0 Å². The molecule has 0 spiro atoms. The number of rotatable bonds is 2. The van der Waals surface area contributed by atoms with E-state index in [0.29, 0.717) is 11.1 Å². The number of hydrogen-bond donors (Lipinski definition) is 3. The number of carbonyl (C=O) groups excluding carboxylic acids is 1. The van der Waals surface area contributed by atoms with Crippen molar-refractivity contribution in [2.45, 2.75) is 19.3 Å². The molecular weight excluding hydrogens is 326 g/mol. The van der Waals surface area contributed by atoms with Gasteiger partial charge < -0.3 is 15.5 Å². The highest BCUT2D eigenvalue weighted by Crippen LogP contribution is 2.50. The molecule has 0 radical (unpaired) electrons. The fourth-order valence-electron chi connectivity index (χ4n) is 3.97. The van der Waals surface area contributed by atoms with Crippen LogP contribution in [-0.4, -0.2) is 16.1 Å². The lowest BCUT2D eigenvalue weighted by Gasteiger charge is -2.32. The number of phenolic OH excluding ortho intramolecular Hbond substituents is 2. The monoisotopic (exact) mass is 345 g/mol. The maximum Gasteiger partial charge on any atom is 0.244 e. The first-order chi connectivity index (χ1) is 12.4. The topological polar surface area (TPSA) is 69.6 Å². The number of benzene rings is 3. The first-order valence-corrected chi connectivity index (χ1v) is 8.45. The van der Waals surface area contributed by atoms with Crippen LogP contribution in [0.1, 0.15) is 27.8 Å². The molecule has 4 nitrogen and oxygen atoms in total. The van der Waals surface area contributed by atoms with E-state index in [2.05, 4.69) is 5.32 Å². The number of aryl methyl sites for hydroxylation is 2. The third kappa shape index (κ3) is 2.12. The molecule has 1 aliphatic rings. The molecule has 3 aromatic carbocycles. The van der Waals surface area contributed by atoms with E-state index in [4.69, 9.17) is 0 Å². The molecular formula is C22H19NO3. The van der Waals surface area contributed by atoms with Crippen molar-refractivity contribution in [1.82, 2.24) is 0 Å². The Morgan fingerprint density at radius 2 is 1.31 bits per heavy atom. The zero-order valence-corrected chi connectivity index (χ0v) is 14.6. The van der Waals surface area contributed by atoms with Gasteiger partial charge in [0.15, 0.2) is 0 Å². The summed E-state index contributed by atoms with van der Waals surface area (Å²) in [4.78, 5) is 13.4. The highest BCUT2D eigenvalue weighted by molar-refractivity contribution is 6.11. The number of aromatic hydroxyl groups is 2. The van der Waals surface area contributed by atoms with E-state index in [1.165, 1.54) is 0 Å². The van der Waals surface area contributed by atoms with Crippen LogP contribution in [0.25, 0.3) is 0 Å². The highest BCUT2D eigenvalue weighted by Gasteiger charge is 2.51. The summed E-state index contributed by atoms with van der Waals surface area (Å²) in [6.07, 6.45) is 0. The van der Waals surface area contributed by atoms with Gasteiger partial charge in [-0.2, -0.15) is 0 Å². The van der Waals surface area contributed by atoms with E-state index in [0.717, 1.165) is 22.4 Å². The Hall–Kier alpha value is -3.27. The van der Waals surface area contributed by atoms with Gasteiger partial charge in [-0.05, 0) is 66.4 Å². The van der Waals surface area contributed by atoms with Gasteiger partial charge in [0.2, 0.25) is 5.91 Å². The Morgan fingerprint density at radius 3 is 1.88 bits per heavy atom. The maximum atomic E-state index is 13.4. The lowest BCUT2D eigenvalue weighted by Crippen LogP contribution is -2.38. The van der Waals surface area contributed by atoms with Crippen LogP contribution >= 0.6 is 0 Å². The zero-order valence-electron chi connectivity index (χ0n) is 14.6. The number of anilines is 1. The second kappa shape index (κ2) is 5.63. The molecule has 0 aliphatic carbocycles. The summed E-state index contributed by atoms with van der Waals surface area (Å²) in [7, 11) is 0. The molecule has 4 heteroatoms. The van der Waals surface area contributed by atoms with Crippen molar-refractivity contribution >= 4 is 11.6 Å². The van der Waals surface area contributed by atoms with Gasteiger partial charge in [-0.1, -0.05) is 30.3 Å². The number of para-hydroxylation sites is 1. The molecule has 0 bridgehead atoms. The van der Waals surface area contributed by atoms with Gasteiger partial charge in [-0.3, -0.25) is 4.79 Å². The molecule has 1 heterocycles. The van der Waals surface area contributed by atoms with Gasteiger partial charge in [0.1, 0.15) is 16.9 Å². The smallest absolute Gasteiger partial charge is 0.244 e. The molecule has 0 saturated heterocycles. The van der Waals surface area contributed by atoms with Crippen molar-refractivity contribution in [3.05, 3.63) is 88.5 Å². The highest BCUT2D eigenvalue weighted by atomic mass is 16.3. The molecule has 0 saturated carbocycles. The number of amides is 1. The largest absolute Gasteiger partial charge is 0.508 e. The molecule has 1 aliphatic heterocycles. The van der Waals surface area contributed by atoms with Crippen LogP contribution < -0.4 is 5.32 Å². The normalized spacial score (nSPS) is 14.8. The zero-order chi connectivity index (χ0) is 18.5. The van der Waals surface area contributed by atoms with Gasteiger partial charge in [-0.15, -0.1) is 0 Å². The Balaban J connectivity index is 2.18. The van der Waals surface area contributed by atoms with Crippen molar-refractivity contribution in [1.29, 1.82) is 0 Å². The molecule has 0 fully saturated rings. The van der Waals surface area contributed by atoms with Crippen LogP contribution in [0.2, 0.25) is 0 Å². The van der Waals surface area contributed by atoms with E-state index in [1.54, 1.807) is 36.4 Å². The van der Waals surface area contributed by atoms with Crippen LogP contribution in [-0.2, 0) is 10.2 Å². The Labute approximate surface area is 151 Å². The summed E-state index contributed by atoms with van der Waals surface area (Å²) in [6.45, 7) is 3.84. The predicted molar refractivity (Wildman–Crippen MR) is 101 cm³/mol. The quantitative estimate of drug-likeness (QED) is 0.657. The fraction of sp³-hybridized carbons (Fsp3) is 0.136. The van der Waals surface area contributed by atoms with E-state index in [-0.39, 0.29) is 17.4 Å². The standard InChI is InChI=1S/C22H19NO3/c1-13-7-9-15(24)11-18(13)22(19-12-16(25)10-8-14(19)2)17-5-3-4-6-20(17)23-21(22)26/h3-12,24-25H,1-2H3,(H,23,26). The summed E-state index contributed by atoms with van der Waals surface area (Å²) < 4.78 is 0. The van der Waals surface area contributed by atoms with Crippen LogP contribution in [0.15, 0.2) is 60.7 Å². The second-order valence-corrected chi connectivity index (χ2v) is 6.75. The third-order valence-corrected chi connectivity index (χ3v) is 5.17. The molecule has 4 rings (SSSR count). The fourth-order valence-corrected chi connectivity index (χ4v) is 3.97. The van der Waals surface area contributed by atoms with Gasteiger partial charge in [0, 0.05) is 11.3 Å². The minimum atomic E-state index is -1.14. The van der Waals surface area contributed by atoms with E-state index in [9.17, 15) is 15.0 Å². The van der Waals surface area contributed by atoms with Gasteiger partial charge in [0.25, 0.3) is 0 Å². The minimum Gasteiger partial charge on any atom is -0.508 e. The van der Waals surface area contributed by atoms with Gasteiger partial charge in [0.05, 0.1) is 0 Å². The Bertz CT molecular complexity index is 988. The Kier molecular flexibility index (Phi) is 3.51. The van der Waals surface area contributed by atoms with Crippen LogP contribution in [0, 0.1) is 13.8 Å². The predicted octanol–water partition coefficient (Wildman–Crippen LogP) is 4.00. The minimum absolute atomic E-state index is 0.0972. The summed E-state index contributed by atoms with van der Waals surface area (Å²) in [5.74, 6) is 0.000949. The second-order valence-electron chi connectivity index (χ2n) is 6.75. The van der Waals surface area contributed by atoms with Crippen LogP contribution in [0.5, 0.6) is 11.5 Å². The maximum absolute atomic E-state index is 13.4. The molecule has 130 valence electrons. The lowest BCUT2D eigenvalue weighted by atomic mass is 9.67. The molecule has 3 N–H and O–H groups in total. The van der Waals surface area contributed by atoms with E-state index < -0.39 is 5.41 Å². The molecule has 26 heavy (non-hydrogen) atoms. The number of phenols is 2. The molecule has 0 aromatic heterocycles. The van der Waals surface area contributed by atoms with E-state index in [1.807, 2.05) is 38.1 Å².